The largest absolute Gasteiger partial charge is 0.477 e. The maximum absolute atomic E-state index is 11.5. The molecule has 0 radical (unpaired) electrons. The monoisotopic (exact) mass is 320 g/mol. The predicted octanol–water partition coefficient (Wildman–Crippen LogP) is 3.45. The minimum absolute atomic E-state index is 0.327. The topological polar surface area (TPSA) is 53.4 Å². The summed E-state index contributed by atoms with van der Waals surface area (Å²) in [6, 6.07) is 9.54. The zero-order valence-electron chi connectivity index (χ0n) is 11.5. The summed E-state index contributed by atoms with van der Waals surface area (Å²) < 4.78 is 0. The molecule has 3 rings (SSSR count). The Balaban J connectivity index is 1.98. The molecule has 0 aliphatic carbocycles. The fraction of sp³-hybridized carbons (Fsp3) is 0.333. The molecule has 0 saturated carbocycles. The number of aromatic nitrogens is 1. The quantitative estimate of drug-likeness (QED) is 0.938. The van der Waals surface area contributed by atoms with E-state index in [-0.39, 0.29) is 0 Å². The van der Waals surface area contributed by atoms with Crippen LogP contribution in [0.5, 0.6) is 0 Å². The lowest BCUT2D eigenvalue weighted by atomic mass is 10.1. The third kappa shape index (κ3) is 3.22. The van der Waals surface area contributed by atoms with Crippen LogP contribution in [0, 0.1) is 0 Å². The molecule has 2 aromatic rings. The van der Waals surface area contributed by atoms with Gasteiger partial charge in [-0.1, -0.05) is 41.7 Å². The van der Waals surface area contributed by atoms with Crippen LogP contribution in [0.25, 0.3) is 11.3 Å². The van der Waals surface area contributed by atoms with Crippen LogP contribution in [0.3, 0.4) is 0 Å². The van der Waals surface area contributed by atoms with Gasteiger partial charge < -0.3 is 10.0 Å². The van der Waals surface area contributed by atoms with Crippen molar-refractivity contribution in [2.75, 3.05) is 29.5 Å². The molecule has 1 aliphatic rings. The van der Waals surface area contributed by atoms with Gasteiger partial charge in [-0.15, -0.1) is 0 Å². The average Bonchev–Trinajstić information content (AvgIpc) is 2.77. The van der Waals surface area contributed by atoms with Gasteiger partial charge >= 0.3 is 5.97 Å². The van der Waals surface area contributed by atoms with Crippen molar-refractivity contribution in [1.29, 1.82) is 0 Å². The molecule has 0 spiro atoms. The Labute approximate surface area is 131 Å². The molecule has 1 saturated heterocycles. The fourth-order valence-electron chi connectivity index (χ4n) is 2.32. The molecule has 1 fully saturated rings. The molecule has 21 heavy (non-hydrogen) atoms. The number of carboxylic acid groups (broad SMARTS) is 1. The highest BCUT2D eigenvalue weighted by atomic mass is 32.2. The molecule has 1 aliphatic heterocycles. The van der Waals surface area contributed by atoms with Crippen molar-refractivity contribution in [3.8, 4) is 11.3 Å². The van der Waals surface area contributed by atoms with Gasteiger partial charge in [0.1, 0.15) is 4.88 Å². The second-order valence-electron chi connectivity index (χ2n) is 4.80. The molecule has 4 nitrogen and oxygen atoms in total. The number of hydrogen-bond acceptors (Lipinski definition) is 5. The minimum atomic E-state index is -0.901. The molecule has 0 atom stereocenters. The van der Waals surface area contributed by atoms with Crippen LogP contribution in [-0.4, -0.2) is 40.7 Å². The molecule has 1 aromatic heterocycles. The summed E-state index contributed by atoms with van der Waals surface area (Å²) in [5.41, 5.74) is 1.45. The molecule has 0 bridgehead atoms. The van der Waals surface area contributed by atoms with Crippen molar-refractivity contribution < 1.29 is 9.90 Å². The summed E-state index contributed by atoms with van der Waals surface area (Å²) in [6.07, 6.45) is 1.12. The second-order valence-corrected chi connectivity index (χ2v) is 7.00. The molecule has 1 aromatic carbocycles. The van der Waals surface area contributed by atoms with Crippen LogP contribution in [0.1, 0.15) is 16.1 Å². The molecule has 0 amide bonds. The van der Waals surface area contributed by atoms with Crippen molar-refractivity contribution in [3.63, 3.8) is 0 Å². The van der Waals surface area contributed by atoms with Crippen molar-refractivity contribution >= 4 is 34.2 Å². The number of thioether (sulfide) groups is 1. The van der Waals surface area contributed by atoms with E-state index < -0.39 is 5.97 Å². The van der Waals surface area contributed by atoms with E-state index in [4.69, 9.17) is 0 Å². The minimum Gasteiger partial charge on any atom is -0.477 e. The van der Waals surface area contributed by atoms with Crippen molar-refractivity contribution in [3.05, 3.63) is 35.2 Å². The first-order chi connectivity index (χ1) is 10.3. The maximum atomic E-state index is 11.5. The normalized spacial score (nSPS) is 15.7. The Hall–Kier alpha value is -1.53. The third-order valence-electron chi connectivity index (χ3n) is 3.35. The van der Waals surface area contributed by atoms with Gasteiger partial charge in [0, 0.05) is 24.4 Å². The Morgan fingerprint density at radius 3 is 2.76 bits per heavy atom. The first kappa shape index (κ1) is 14.4. The van der Waals surface area contributed by atoms with Gasteiger partial charge in [-0.2, -0.15) is 11.8 Å². The SMILES string of the molecule is O=C(O)c1sc(N2CCCSCC2)nc1-c1ccccc1. The van der Waals surface area contributed by atoms with Gasteiger partial charge in [0.25, 0.3) is 0 Å². The molecule has 0 unspecified atom stereocenters. The van der Waals surface area contributed by atoms with Gasteiger partial charge in [0.2, 0.25) is 0 Å². The zero-order chi connectivity index (χ0) is 14.7. The Bertz CT molecular complexity index is 620. The van der Waals surface area contributed by atoms with E-state index in [1.807, 2.05) is 42.1 Å². The summed E-state index contributed by atoms with van der Waals surface area (Å²) in [4.78, 5) is 18.7. The number of anilines is 1. The van der Waals surface area contributed by atoms with E-state index in [1.165, 1.54) is 17.1 Å². The highest BCUT2D eigenvalue weighted by Crippen LogP contribution is 2.33. The number of hydrogen-bond donors (Lipinski definition) is 1. The number of carboxylic acids is 1. The van der Waals surface area contributed by atoms with Crippen LogP contribution in [0.2, 0.25) is 0 Å². The summed E-state index contributed by atoms with van der Waals surface area (Å²) >= 11 is 3.23. The van der Waals surface area contributed by atoms with Crippen LogP contribution in [0.4, 0.5) is 5.13 Å². The first-order valence-corrected chi connectivity index (χ1v) is 8.85. The number of nitrogens with zero attached hydrogens (tertiary/aromatic N) is 2. The highest BCUT2D eigenvalue weighted by molar-refractivity contribution is 7.99. The van der Waals surface area contributed by atoms with E-state index >= 15 is 0 Å². The van der Waals surface area contributed by atoms with E-state index in [0.29, 0.717) is 10.6 Å². The predicted molar refractivity (Wildman–Crippen MR) is 88.7 cm³/mol. The fourth-order valence-corrected chi connectivity index (χ4v) is 4.18. The van der Waals surface area contributed by atoms with Crippen molar-refractivity contribution in [1.82, 2.24) is 4.98 Å². The Morgan fingerprint density at radius 2 is 2.00 bits per heavy atom. The Morgan fingerprint density at radius 1 is 1.19 bits per heavy atom. The van der Waals surface area contributed by atoms with Crippen LogP contribution >= 0.6 is 23.1 Å². The maximum Gasteiger partial charge on any atom is 0.348 e. The van der Waals surface area contributed by atoms with Crippen LogP contribution < -0.4 is 4.90 Å². The lowest BCUT2D eigenvalue weighted by molar-refractivity contribution is 0.0702. The lowest BCUT2D eigenvalue weighted by Gasteiger charge is -2.18. The van der Waals surface area contributed by atoms with E-state index in [0.717, 1.165) is 36.0 Å². The number of carbonyl (C=O) groups is 1. The van der Waals surface area contributed by atoms with E-state index in [9.17, 15) is 9.90 Å². The van der Waals surface area contributed by atoms with Crippen LogP contribution in [-0.2, 0) is 0 Å². The van der Waals surface area contributed by atoms with E-state index in [2.05, 4.69) is 9.88 Å². The van der Waals surface area contributed by atoms with Gasteiger partial charge in [0.05, 0.1) is 5.69 Å². The number of aromatic carboxylic acids is 1. The number of thiazole rings is 1. The Kier molecular flexibility index (Phi) is 4.45. The summed E-state index contributed by atoms with van der Waals surface area (Å²) in [6.45, 7) is 1.89. The molecule has 1 N–H and O–H groups in total. The molecular formula is C15H16N2O2S2. The zero-order valence-corrected chi connectivity index (χ0v) is 13.1. The van der Waals surface area contributed by atoms with E-state index in [1.54, 1.807) is 0 Å². The molecular weight excluding hydrogens is 304 g/mol. The summed E-state index contributed by atoms with van der Waals surface area (Å²) in [5.74, 6) is 1.34. The average molecular weight is 320 g/mol. The smallest absolute Gasteiger partial charge is 0.348 e. The molecule has 110 valence electrons. The molecule has 6 heteroatoms. The second kappa shape index (κ2) is 6.49. The van der Waals surface area contributed by atoms with Gasteiger partial charge in [-0.05, 0) is 12.2 Å². The first-order valence-electron chi connectivity index (χ1n) is 6.88. The van der Waals surface area contributed by atoms with Gasteiger partial charge in [0.15, 0.2) is 5.13 Å². The summed E-state index contributed by atoms with van der Waals surface area (Å²) in [5, 5.41) is 10.3. The molecule has 2 heterocycles. The number of rotatable bonds is 3. The third-order valence-corrected chi connectivity index (χ3v) is 5.50. The highest BCUT2D eigenvalue weighted by Gasteiger charge is 2.22. The summed E-state index contributed by atoms with van der Waals surface area (Å²) in [7, 11) is 0. The number of benzene rings is 1. The van der Waals surface area contributed by atoms with Crippen molar-refractivity contribution in [2.45, 2.75) is 6.42 Å². The van der Waals surface area contributed by atoms with Gasteiger partial charge in [-0.3, -0.25) is 0 Å². The van der Waals surface area contributed by atoms with Crippen LogP contribution in [0.15, 0.2) is 30.3 Å². The standard InChI is InChI=1S/C15H16N2O2S2/c18-14(19)13-12(11-5-2-1-3-6-11)16-15(21-13)17-7-4-9-20-10-8-17/h1-3,5-6H,4,7-10H2,(H,18,19). The van der Waals surface area contributed by atoms with Crippen molar-refractivity contribution in [2.24, 2.45) is 0 Å². The van der Waals surface area contributed by atoms with Gasteiger partial charge in [-0.25, -0.2) is 9.78 Å². The lowest BCUT2D eigenvalue weighted by Crippen LogP contribution is -2.25.